The third-order valence-corrected chi connectivity index (χ3v) is 4.61. The van der Waals surface area contributed by atoms with Crippen molar-refractivity contribution in [2.24, 2.45) is 0 Å². The molecule has 0 radical (unpaired) electrons. The lowest BCUT2D eigenvalue weighted by Crippen LogP contribution is -2.24. The second-order valence-electron chi connectivity index (χ2n) is 5.24. The van der Waals surface area contributed by atoms with Crippen LogP contribution in [0.4, 0.5) is 0 Å². The second kappa shape index (κ2) is 7.63. The Balaban J connectivity index is 2.15. The molecule has 2 aromatic heterocycles. The van der Waals surface area contributed by atoms with E-state index in [-0.39, 0.29) is 5.56 Å². The van der Waals surface area contributed by atoms with Crippen LogP contribution in [0.1, 0.15) is 13.3 Å². The lowest BCUT2D eigenvalue weighted by atomic mass is 10.2. The number of para-hydroxylation sites is 1. The van der Waals surface area contributed by atoms with E-state index in [0.717, 1.165) is 22.8 Å². The van der Waals surface area contributed by atoms with Gasteiger partial charge in [-0.15, -0.1) is 16.8 Å². The maximum atomic E-state index is 12.8. The number of rotatable bonds is 8. The molecule has 3 rings (SSSR count). The Labute approximate surface area is 144 Å². The topological polar surface area (TPSA) is 61.4 Å². The number of ether oxygens (including phenoxy) is 1. The van der Waals surface area contributed by atoms with Crippen LogP contribution in [-0.4, -0.2) is 38.1 Å². The molecular formula is C17H20N4O2S. The maximum Gasteiger partial charge on any atom is 0.262 e. The summed E-state index contributed by atoms with van der Waals surface area (Å²) in [7, 11) is 0. The van der Waals surface area contributed by atoms with Crippen molar-refractivity contribution in [3.63, 3.8) is 0 Å². The summed E-state index contributed by atoms with van der Waals surface area (Å²) in [5.41, 5.74) is 0.789. The van der Waals surface area contributed by atoms with Crippen LogP contribution in [0.2, 0.25) is 0 Å². The molecule has 0 saturated carbocycles. The van der Waals surface area contributed by atoms with Crippen LogP contribution in [0.15, 0.2) is 46.9 Å². The lowest BCUT2D eigenvalue weighted by molar-refractivity contribution is 0.141. The van der Waals surface area contributed by atoms with Crippen LogP contribution in [0.5, 0.6) is 0 Å². The zero-order chi connectivity index (χ0) is 16.9. The normalized spacial score (nSPS) is 11.4. The predicted molar refractivity (Wildman–Crippen MR) is 96.8 cm³/mol. The molecule has 0 amide bonds. The minimum Gasteiger partial charge on any atom is -0.382 e. The van der Waals surface area contributed by atoms with Gasteiger partial charge >= 0.3 is 0 Å². The van der Waals surface area contributed by atoms with Crippen LogP contribution in [0.25, 0.3) is 16.7 Å². The molecule has 0 aliphatic rings. The smallest absolute Gasteiger partial charge is 0.262 e. The molecule has 6 nitrogen and oxygen atoms in total. The fraction of sp³-hybridized carbons (Fsp3) is 0.353. The van der Waals surface area contributed by atoms with Crippen molar-refractivity contribution >= 4 is 28.4 Å². The fourth-order valence-corrected chi connectivity index (χ4v) is 3.31. The van der Waals surface area contributed by atoms with Crippen LogP contribution in [-0.2, 0) is 11.3 Å². The van der Waals surface area contributed by atoms with Crippen molar-refractivity contribution in [1.82, 2.24) is 19.2 Å². The van der Waals surface area contributed by atoms with Gasteiger partial charge < -0.3 is 4.74 Å². The first-order chi connectivity index (χ1) is 11.8. The van der Waals surface area contributed by atoms with E-state index in [1.165, 1.54) is 0 Å². The molecule has 0 aliphatic heterocycles. The molecule has 0 N–H and O–H groups in total. The number of nitrogens with zero attached hydrogens (tertiary/aromatic N) is 4. The Bertz CT molecular complexity index is 916. The van der Waals surface area contributed by atoms with Gasteiger partial charge in [0.15, 0.2) is 5.16 Å². The molecule has 0 aliphatic carbocycles. The highest BCUT2D eigenvalue weighted by atomic mass is 32.2. The third kappa shape index (κ3) is 3.09. The average molecular weight is 344 g/mol. The van der Waals surface area contributed by atoms with Crippen molar-refractivity contribution in [3.8, 4) is 0 Å². The molecule has 7 heteroatoms. The van der Waals surface area contributed by atoms with Gasteiger partial charge in [0.05, 0.1) is 10.9 Å². The van der Waals surface area contributed by atoms with Gasteiger partial charge in [-0.3, -0.25) is 13.8 Å². The SMILES string of the molecule is C=CCSc1nnc2n(CCCOCC)c(=O)c3ccccc3n12. The summed E-state index contributed by atoms with van der Waals surface area (Å²) >= 11 is 1.55. The van der Waals surface area contributed by atoms with Crippen LogP contribution in [0.3, 0.4) is 0 Å². The first-order valence-corrected chi connectivity index (χ1v) is 8.94. The van der Waals surface area contributed by atoms with Crippen LogP contribution in [0, 0.1) is 0 Å². The monoisotopic (exact) mass is 344 g/mol. The van der Waals surface area contributed by atoms with Gasteiger partial charge in [-0.25, -0.2) is 0 Å². The molecule has 0 spiro atoms. The highest BCUT2D eigenvalue weighted by molar-refractivity contribution is 7.99. The third-order valence-electron chi connectivity index (χ3n) is 3.68. The van der Waals surface area contributed by atoms with E-state index in [9.17, 15) is 4.79 Å². The Morgan fingerprint density at radius 2 is 2.17 bits per heavy atom. The number of aromatic nitrogens is 4. The number of hydrogen-bond acceptors (Lipinski definition) is 5. The van der Waals surface area contributed by atoms with Crippen molar-refractivity contribution in [3.05, 3.63) is 47.3 Å². The molecule has 0 atom stereocenters. The van der Waals surface area contributed by atoms with E-state index in [1.54, 1.807) is 16.3 Å². The minimum absolute atomic E-state index is 0.0396. The van der Waals surface area contributed by atoms with E-state index >= 15 is 0 Å². The Hall–Kier alpha value is -2.12. The molecule has 0 unspecified atom stereocenters. The summed E-state index contributed by atoms with van der Waals surface area (Å²) in [4.78, 5) is 12.8. The highest BCUT2D eigenvalue weighted by Gasteiger charge is 2.16. The van der Waals surface area contributed by atoms with Gasteiger partial charge in [0, 0.05) is 25.5 Å². The van der Waals surface area contributed by atoms with Gasteiger partial charge in [0.2, 0.25) is 5.78 Å². The Kier molecular flexibility index (Phi) is 5.32. The van der Waals surface area contributed by atoms with Crippen molar-refractivity contribution in [1.29, 1.82) is 0 Å². The van der Waals surface area contributed by atoms with Gasteiger partial charge in [0.1, 0.15) is 0 Å². The average Bonchev–Trinajstić information content (AvgIpc) is 3.03. The summed E-state index contributed by atoms with van der Waals surface area (Å²) in [6.45, 7) is 7.55. The molecule has 3 aromatic rings. The van der Waals surface area contributed by atoms with E-state index in [4.69, 9.17) is 4.74 Å². The Morgan fingerprint density at radius 3 is 2.96 bits per heavy atom. The van der Waals surface area contributed by atoms with E-state index in [1.807, 2.05) is 41.7 Å². The van der Waals surface area contributed by atoms with Crippen molar-refractivity contribution in [2.45, 2.75) is 25.0 Å². The number of benzene rings is 1. The number of fused-ring (bicyclic) bond motifs is 3. The summed E-state index contributed by atoms with van der Waals surface area (Å²) in [5, 5.41) is 9.96. The fourth-order valence-electron chi connectivity index (χ4n) is 2.63. The van der Waals surface area contributed by atoms with Gasteiger partial charge in [-0.05, 0) is 25.5 Å². The molecule has 0 saturated heterocycles. The van der Waals surface area contributed by atoms with Crippen molar-refractivity contribution in [2.75, 3.05) is 19.0 Å². The molecule has 0 bridgehead atoms. The molecule has 126 valence electrons. The van der Waals surface area contributed by atoms with Gasteiger partial charge in [-0.1, -0.05) is 30.0 Å². The molecule has 24 heavy (non-hydrogen) atoms. The number of thioether (sulfide) groups is 1. The summed E-state index contributed by atoms with van der Waals surface area (Å²) in [6, 6.07) is 7.57. The first-order valence-electron chi connectivity index (χ1n) is 7.96. The molecule has 2 heterocycles. The molecule has 1 aromatic carbocycles. The Morgan fingerprint density at radius 1 is 1.33 bits per heavy atom. The summed E-state index contributed by atoms with van der Waals surface area (Å²) in [5.74, 6) is 1.31. The highest BCUT2D eigenvalue weighted by Crippen LogP contribution is 2.21. The zero-order valence-electron chi connectivity index (χ0n) is 13.6. The second-order valence-corrected chi connectivity index (χ2v) is 6.23. The lowest BCUT2D eigenvalue weighted by Gasteiger charge is -2.11. The van der Waals surface area contributed by atoms with E-state index in [0.29, 0.717) is 30.9 Å². The van der Waals surface area contributed by atoms with E-state index in [2.05, 4.69) is 16.8 Å². The van der Waals surface area contributed by atoms with Gasteiger partial charge in [-0.2, -0.15) is 0 Å². The predicted octanol–water partition coefficient (Wildman–Crippen LogP) is 2.75. The number of aryl methyl sites for hydroxylation is 1. The zero-order valence-corrected chi connectivity index (χ0v) is 14.5. The standard InChI is InChI=1S/C17H20N4O2S/c1-3-12-24-17-19-18-16-20(10-7-11-23-4-2)15(22)13-8-5-6-9-14(13)21(16)17/h3,5-6,8-9H,1,4,7,10-12H2,2H3. The maximum absolute atomic E-state index is 12.8. The first kappa shape index (κ1) is 16.7. The molecular weight excluding hydrogens is 324 g/mol. The van der Waals surface area contributed by atoms with Crippen LogP contribution >= 0.6 is 11.8 Å². The van der Waals surface area contributed by atoms with E-state index < -0.39 is 0 Å². The summed E-state index contributed by atoms with van der Waals surface area (Å²) < 4.78 is 9.02. The minimum atomic E-state index is -0.0396. The number of hydrogen-bond donors (Lipinski definition) is 0. The van der Waals surface area contributed by atoms with Gasteiger partial charge in [0.25, 0.3) is 5.56 Å². The van der Waals surface area contributed by atoms with Crippen LogP contribution < -0.4 is 5.56 Å². The quantitative estimate of drug-likeness (QED) is 0.357. The summed E-state index contributed by atoms with van der Waals surface area (Å²) in [6.07, 6.45) is 2.58. The largest absolute Gasteiger partial charge is 0.382 e. The van der Waals surface area contributed by atoms with Crippen molar-refractivity contribution < 1.29 is 4.74 Å². The molecule has 0 fully saturated rings.